The van der Waals surface area contributed by atoms with Gasteiger partial charge in [0, 0.05) is 22.5 Å². The molecular weight excluding hydrogens is 304 g/mol. The monoisotopic (exact) mass is 324 g/mol. The molecule has 2 N–H and O–H groups in total. The van der Waals surface area contributed by atoms with Crippen molar-refractivity contribution < 1.29 is 8.42 Å². The minimum absolute atomic E-state index is 0.321. The molecule has 6 heteroatoms. The number of benzene rings is 1. The van der Waals surface area contributed by atoms with Crippen LogP contribution in [0.3, 0.4) is 0 Å². The van der Waals surface area contributed by atoms with Gasteiger partial charge in [-0.3, -0.25) is 4.72 Å². The van der Waals surface area contributed by atoms with Crippen molar-refractivity contribution in [1.82, 2.24) is 5.32 Å². The fourth-order valence-corrected chi connectivity index (χ4v) is 4.12. The molecule has 0 aliphatic heterocycles. The van der Waals surface area contributed by atoms with Crippen LogP contribution in [0.4, 0.5) is 5.69 Å². The standard InChI is InChI=1S/C15H20N2O2S2/c1-3-8-16-10-14-9-15(11-20-14)21(18,19)17-13-6-4-12(2)5-7-13/h4-7,9,11,16-17H,3,8,10H2,1-2H3. The van der Waals surface area contributed by atoms with Crippen molar-refractivity contribution in [2.75, 3.05) is 11.3 Å². The topological polar surface area (TPSA) is 58.2 Å². The predicted molar refractivity (Wildman–Crippen MR) is 88.3 cm³/mol. The van der Waals surface area contributed by atoms with Crippen LogP contribution in [-0.2, 0) is 16.6 Å². The number of hydrogen-bond acceptors (Lipinski definition) is 4. The van der Waals surface area contributed by atoms with Crippen molar-refractivity contribution in [2.45, 2.75) is 31.7 Å². The number of rotatable bonds is 7. The predicted octanol–water partition coefficient (Wildman–Crippen LogP) is 3.36. The van der Waals surface area contributed by atoms with Crippen LogP contribution >= 0.6 is 11.3 Å². The third-order valence-electron chi connectivity index (χ3n) is 2.97. The van der Waals surface area contributed by atoms with Crippen LogP contribution in [0.15, 0.2) is 40.6 Å². The molecular formula is C15H20N2O2S2. The summed E-state index contributed by atoms with van der Waals surface area (Å²) in [6.45, 7) is 5.70. The zero-order valence-corrected chi connectivity index (χ0v) is 13.9. The van der Waals surface area contributed by atoms with Gasteiger partial charge in [-0.05, 0) is 38.1 Å². The Labute approximate surface area is 130 Å². The van der Waals surface area contributed by atoms with Gasteiger partial charge >= 0.3 is 0 Å². The summed E-state index contributed by atoms with van der Waals surface area (Å²) in [5.41, 5.74) is 1.68. The van der Waals surface area contributed by atoms with Gasteiger partial charge in [0.2, 0.25) is 0 Å². The van der Waals surface area contributed by atoms with Crippen LogP contribution in [0.5, 0.6) is 0 Å². The van der Waals surface area contributed by atoms with Crippen molar-refractivity contribution in [2.24, 2.45) is 0 Å². The second-order valence-electron chi connectivity index (χ2n) is 4.90. The van der Waals surface area contributed by atoms with Crippen molar-refractivity contribution in [3.8, 4) is 0 Å². The Morgan fingerprint density at radius 1 is 1.19 bits per heavy atom. The first kappa shape index (κ1) is 16.0. The Bertz CT molecular complexity index is 676. The molecule has 21 heavy (non-hydrogen) atoms. The molecule has 114 valence electrons. The number of anilines is 1. The van der Waals surface area contributed by atoms with Gasteiger partial charge in [-0.15, -0.1) is 11.3 Å². The van der Waals surface area contributed by atoms with Gasteiger partial charge in [0.15, 0.2) is 0 Å². The summed E-state index contributed by atoms with van der Waals surface area (Å²) in [6.07, 6.45) is 1.06. The fourth-order valence-electron chi connectivity index (χ4n) is 1.82. The van der Waals surface area contributed by atoms with E-state index in [4.69, 9.17) is 0 Å². The van der Waals surface area contributed by atoms with Crippen LogP contribution in [-0.4, -0.2) is 15.0 Å². The van der Waals surface area contributed by atoms with Crippen molar-refractivity contribution >= 4 is 27.0 Å². The molecule has 1 aromatic carbocycles. The summed E-state index contributed by atoms with van der Waals surface area (Å²) >= 11 is 1.46. The van der Waals surface area contributed by atoms with Gasteiger partial charge in [-0.2, -0.15) is 0 Å². The highest BCUT2D eigenvalue weighted by Gasteiger charge is 2.16. The van der Waals surface area contributed by atoms with Gasteiger partial charge in [-0.25, -0.2) is 8.42 Å². The van der Waals surface area contributed by atoms with Crippen molar-refractivity contribution in [3.05, 3.63) is 46.2 Å². The average Bonchev–Trinajstić information content (AvgIpc) is 2.91. The molecule has 0 radical (unpaired) electrons. The van der Waals surface area contributed by atoms with Crippen LogP contribution < -0.4 is 10.0 Å². The van der Waals surface area contributed by atoms with E-state index in [0.29, 0.717) is 17.1 Å². The minimum atomic E-state index is -3.50. The van der Waals surface area contributed by atoms with Crippen molar-refractivity contribution in [1.29, 1.82) is 0 Å². The summed E-state index contributed by atoms with van der Waals surface area (Å²) in [7, 11) is -3.50. The fraction of sp³-hybridized carbons (Fsp3) is 0.333. The quantitative estimate of drug-likeness (QED) is 0.768. The van der Waals surface area contributed by atoms with E-state index in [1.807, 2.05) is 19.1 Å². The zero-order valence-electron chi connectivity index (χ0n) is 12.2. The van der Waals surface area contributed by atoms with E-state index in [-0.39, 0.29) is 0 Å². The van der Waals surface area contributed by atoms with Crippen LogP contribution in [0.2, 0.25) is 0 Å². The van der Waals surface area contributed by atoms with Crippen LogP contribution in [0.1, 0.15) is 23.8 Å². The van der Waals surface area contributed by atoms with E-state index in [2.05, 4.69) is 17.0 Å². The lowest BCUT2D eigenvalue weighted by Gasteiger charge is -2.06. The van der Waals surface area contributed by atoms with Crippen molar-refractivity contribution in [3.63, 3.8) is 0 Å². The molecule has 4 nitrogen and oxygen atoms in total. The summed E-state index contributed by atoms with van der Waals surface area (Å²) in [4.78, 5) is 1.34. The van der Waals surface area contributed by atoms with E-state index >= 15 is 0 Å². The normalized spacial score (nSPS) is 11.5. The van der Waals surface area contributed by atoms with E-state index in [9.17, 15) is 8.42 Å². The van der Waals surface area contributed by atoms with Gasteiger partial charge < -0.3 is 5.32 Å². The van der Waals surface area contributed by atoms with E-state index in [1.165, 1.54) is 11.3 Å². The molecule has 0 fully saturated rings. The Morgan fingerprint density at radius 3 is 2.57 bits per heavy atom. The highest BCUT2D eigenvalue weighted by atomic mass is 32.2. The second-order valence-corrected chi connectivity index (χ2v) is 7.58. The summed E-state index contributed by atoms with van der Waals surface area (Å²) in [5, 5.41) is 4.95. The molecule has 0 aliphatic carbocycles. The number of sulfonamides is 1. The molecule has 0 unspecified atom stereocenters. The maximum absolute atomic E-state index is 12.3. The highest BCUT2D eigenvalue weighted by molar-refractivity contribution is 7.92. The maximum Gasteiger partial charge on any atom is 0.262 e. The minimum Gasteiger partial charge on any atom is -0.312 e. The third-order valence-corrected chi connectivity index (χ3v) is 5.42. The van der Waals surface area contributed by atoms with Gasteiger partial charge in [0.1, 0.15) is 0 Å². The largest absolute Gasteiger partial charge is 0.312 e. The number of nitrogens with one attached hydrogen (secondary N) is 2. The first-order valence-electron chi connectivity index (χ1n) is 6.89. The number of thiophene rings is 1. The molecule has 0 atom stereocenters. The van der Waals surface area contributed by atoms with E-state index in [0.717, 1.165) is 23.4 Å². The Hall–Kier alpha value is -1.37. The van der Waals surface area contributed by atoms with Crippen LogP contribution in [0, 0.1) is 6.92 Å². The molecule has 0 spiro atoms. The molecule has 0 aliphatic rings. The second kappa shape index (κ2) is 7.06. The lowest BCUT2D eigenvalue weighted by molar-refractivity contribution is 0.601. The first-order chi connectivity index (χ1) is 10.0. The van der Waals surface area contributed by atoms with Gasteiger partial charge in [-0.1, -0.05) is 24.6 Å². The van der Waals surface area contributed by atoms with Gasteiger partial charge in [0.25, 0.3) is 10.0 Å². The molecule has 1 heterocycles. The molecule has 0 amide bonds. The highest BCUT2D eigenvalue weighted by Crippen LogP contribution is 2.22. The lowest BCUT2D eigenvalue weighted by Crippen LogP contribution is -2.13. The van der Waals surface area contributed by atoms with E-state index in [1.54, 1.807) is 23.6 Å². The molecule has 0 saturated heterocycles. The van der Waals surface area contributed by atoms with Crippen LogP contribution in [0.25, 0.3) is 0 Å². The smallest absolute Gasteiger partial charge is 0.262 e. The maximum atomic E-state index is 12.3. The number of aryl methyl sites for hydroxylation is 1. The molecule has 1 aromatic heterocycles. The molecule has 0 saturated carbocycles. The SMILES string of the molecule is CCCNCc1cc(S(=O)(=O)Nc2ccc(C)cc2)cs1. The Balaban J connectivity index is 2.07. The molecule has 2 rings (SSSR count). The summed E-state index contributed by atoms with van der Waals surface area (Å²) in [6, 6.07) is 9.02. The Morgan fingerprint density at radius 2 is 1.90 bits per heavy atom. The number of hydrogen-bond donors (Lipinski definition) is 2. The summed E-state index contributed by atoms with van der Waals surface area (Å²) in [5.74, 6) is 0. The first-order valence-corrected chi connectivity index (χ1v) is 9.25. The van der Waals surface area contributed by atoms with E-state index < -0.39 is 10.0 Å². The zero-order chi connectivity index (χ0) is 15.3. The Kier molecular flexibility index (Phi) is 5.39. The molecule has 2 aromatic rings. The summed E-state index contributed by atoms with van der Waals surface area (Å²) < 4.78 is 27.2. The lowest BCUT2D eigenvalue weighted by atomic mass is 10.2. The van der Waals surface area contributed by atoms with Gasteiger partial charge in [0.05, 0.1) is 4.90 Å². The average molecular weight is 324 g/mol. The molecule has 0 bridgehead atoms. The third kappa shape index (κ3) is 4.56.